The van der Waals surface area contributed by atoms with Crippen molar-refractivity contribution >= 4 is 0 Å². The fraction of sp³-hybridized carbons (Fsp3) is 0.250. The van der Waals surface area contributed by atoms with Gasteiger partial charge in [-0.3, -0.25) is 4.90 Å². The summed E-state index contributed by atoms with van der Waals surface area (Å²) in [5, 5.41) is 8.91. The minimum Gasteiger partial charge on any atom is -0.395 e. The first-order valence-corrected chi connectivity index (χ1v) is 6.23. The lowest BCUT2D eigenvalue weighted by Gasteiger charge is -2.15. The SMILES string of the molecule is CN(CCO)Cc1cccc(-c2ccccc2)c1. The monoisotopic (exact) mass is 241 g/mol. The van der Waals surface area contributed by atoms with Gasteiger partial charge in [-0.15, -0.1) is 0 Å². The standard InChI is InChI=1S/C16H19NO/c1-17(10-11-18)13-14-6-5-9-16(12-14)15-7-3-2-4-8-15/h2-9,12,18H,10-11,13H2,1H3. The van der Waals surface area contributed by atoms with Gasteiger partial charge in [-0.05, 0) is 29.8 Å². The van der Waals surface area contributed by atoms with E-state index < -0.39 is 0 Å². The fourth-order valence-electron chi connectivity index (χ4n) is 2.04. The van der Waals surface area contributed by atoms with E-state index in [-0.39, 0.29) is 6.61 Å². The number of aliphatic hydroxyl groups excluding tert-OH is 1. The summed E-state index contributed by atoms with van der Waals surface area (Å²) in [6.07, 6.45) is 0. The van der Waals surface area contributed by atoms with E-state index in [1.54, 1.807) is 0 Å². The number of likely N-dealkylation sites (N-methyl/N-ethyl adjacent to an activating group) is 1. The zero-order valence-corrected chi connectivity index (χ0v) is 10.7. The maximum absolute atomic E-state index is 8.91. The predicted octanol–water partition coefficient (Wildman–Crippen LogP) is 2.78. The van der Waals surface area contributed by atoms with E-state index in [9.17, 15) is 0 Å². The van der Waals surface area contributed by atoms with E-state index in [0.29, 0.717) is 6.54 Å². The maximum Gasteiger partial charge on any atom is 0.0558 e. The zero-order chi connectivity index (χ0) is 12.8. The Balaban J connectivity index is 2.15. The molecule has 2 rings (SSSR count). The van der Waals surface area contributed by atoms with Gasteiger partial charge in [0.15, 0.2) is 0 Å². The van der Waals surface area contributed by atoms with E-state index in [2.05, 4.69) is 53.4 Å². The van der Waals surface area contributed by atoms with E-state index >= 15 is 0 Å². The summed E-state index contributed by atoms with van der Waals surface area (Å²) in [5.74, 6) is 0. The molecule has 0 aromatic heterocycles. The van der Waals surface area contributed by atoms with Gasteiger partial charge in [0.1, 0.15) is 0 Å². The second-order valence-corrected chi connectivity index (χ2v) is 4.53. The topological polar surface area (TPSA) is 23.5 Å². The molecule has 0 heterocycles. The van der Waals surface area contributed by atoms with Crippen LogP contribution in [0.15, 0.2) is 54.6 Å². The van der Waals surface area contributed by atoms with Gasteiger partial charge in [0.2, 0.25) is 0 Å². The molecule has 1 N–H and O–H groups in total. The van der Waals surface area contributed by atoms with Crippen LogP contribution in [0, 0.1) is 0 Å². The molecule has 0 unspecified atom stereocenters. The summed E-state index contributed by atoms with van der Waals surface area (Å²) in [6, 6.07) is 18.9. The lowest BCUT2D eigenvalue weighted by molar-refractivity contribution is 0.217. The van der Waals surface area contributed by atoms with Crippen molar-refractivity contribution in [1.29, 1.82) is 0 Å². The summed E-state index contributed by atoms with van der Waals surface area (Å²) >= 11 is 0. The van der Waals surface area contributed by atoms with Crippen LogP contribution in [0.25, 0.3) is 11.1 Å². The minimum absolute atomic E-state index is 0.203. The normalized spacial score (nSPS) is 10.8. The van der Waals surface area contributed by atoms with Crippen LogP contribution in [-0.2, 0) is 6.54 Å². The van der Waals surface area contributed by atoms with Crippen molar-refractivity contribution in [2.75, 3.05) is 20.2 Å². The Kier molecular flexibility index (Phi) is 4.51. The second kappa shape index (κ2) is 6.34. The molecule has 2 aromatic rings. The Hall–Kier alpha value is -1.64. The molecule has 2 heteroatoms. The molecule has 0 radical (unpaired) electrons. The lowest BCUT2D eigenvalue weighted by Crippen LogP contribution is -2.21. The average molecular weight is 241 g/mol. The van der Waals surface area contributed by atoms with Crippen LogP contribution in [0.1, 0.15) is 5.56 Å². The van der Waals surface area contributed by atoms with E-state index in [0.717, 1.165) is 6.54 Å². The van der Waals surface area contributed by atoms with Crippen LogP contribution in [0.2, 0.25) is 0 Å². The van der Waals surface area contributed by atoms with Crippen LogP contribution < -0.4 is 0 Å². The highest BCUT2D eigenvalue weighted by atomic mass is 16.3. The van der Waals surface area contributed by atoms with Gasteiger partial charge in [-0.25, -0.2) is 0 Å². The van der Waals surface area contributed by atoms with Crippen molar-refractivity contribution < 1.29 is 5.11 Å². The molecule has 2 nitrogen and oxygen atoms in total. The first-order chi connectivity index (χ1) is 8.79. The van der Waals surface area contributed by atoms with Gasteiger partial charge >= 0.3 is 0 Å². The van der Waals surface area contributed by atoms with Crippen LogP contribution in [0.4, 0.5) is 0 Å². The zero-order valence-electron chi connectivity index (χ0n) is 10.7. The number of rotatable bonds is 5. The molecule has 0 atom stereocenters. The fourth-order valence-corrected chi connectivity index (χ4v) is 2.04. The smallest absolute Gasteiger partial charge is 0.0558 e. The Morgan fingerprint density at radius 2 is 1.67 bits per heavy atom. The molecule has 0 amide bonds. The summed E-state index contributed by atoms with van der Waals surface area (Å²) in [4.78, 5) is 2.12. The van der Waals surface area contributed by atoms with E-state index in [4.69, 9.17) is 5.11 Å². The Labute approximate surface area is 109 Å². The number of nitrogens with zero attached hydrogens (tertiary/aromatic N) is 1. The van der Waals surface area contributed by atoms with Gasteiger partial charge in [-0.2, -0.15) is 0 Å². The summed E-state index contributed by atoms with van der Waals surface area (Å²) in [6.45, 7) is 1.77. The van der Waals surface area contributed by atoms with Crippen molar-refractivity contribution in [3.63, 3.8) is 0 Å². The summed E-state index contributed by atoms with van der Waals surface area (Å²) in [7, 11) is 2.02. The highest BCUT2D eigenvalue weighted by molar-refractivity contribution is 5.63. The first-order valence-electron chi connectivity index (χ1n) is 6.23. The molecule has 0 saturated carbocycles. The first kappa shape index (κ1) is 12.8. The van der Waals surface area contributed by atoms with Crippen LogP contribution >= 0.6 is 0 Å². The molecule has 0 aliphatic rings. The van der Waals surface area contributed by atoms with E-state index in [1.165, 1.54) is 16.7 Å². The summed E-state index contributed by atoms with van der Waals surface area (Å²) in [5.41, 5.74) is 3.75. The van der Waals surface area contributed by atoms with Gasteiger partial charge in [0.05, 0.1) is 6.61 Å². The third-order valence-electron chi connectivity index (χ3n) is 2.97. The largest absolute Gasteiger partial charge is 0.395 e. The van der Waals surface area contributed by atoms with Crippen LogP contribution in [-0.4, -0.2) is 30.2 Å². The Morgan fingerprint density at radius 1 is 0.944 bits per heavy atom. The van der Waals surface area contributed by atoms with Crippen molar-refractivity contribution in [2.45, 2.75) is 6.54 Å². The van der Waals surface area contributed by atoms with Gasteiger partial charge in [0, 0.05) is 13.1 Å². The van der Waals surface area contributed by atoms with E-state index in [1.807, 2.05) is 13.1 Å². The quantitative estimate of drug-likeness (QED) is 0.870. The molecule has 2 aromatic carbocycles. The minimum atomic E-state index is 0.203. The maximum atomic E-state index is 8.91. The van der Waals surface area contributed by atoms with Crippen molar-refractivity contribution in [2.24, 2.45) is 0 Å². The molecule has 0 saturated heterocycles. The third kappa shape index (κ3) is 3.42. The predicted molar refractivity (Wildman–Crippen MR) is 75.3 cm³/mol. The molecule has 0 spiro atoms. The molecule has 94 valence electrons. The molecule has 0 bridgehead atoms. The highest BCUT2D eigenvalue weighted by Gasteiger charge is 2.02. The number of hydrogen-bond donors (Lipinski definition) is 1. The highest BCUT2D eigenvalue weighted by Crippen LogP contribution is 2.20. The Bertz CT molecular complexity index is 481. The molecule has 0 aliphatic carbocycles. The molecular weight excluding hydrogens is 222 g/mol. The van der Waals surface area contributed by atoms with Crippen LogP contribution in [0.5, 0.6) is 0 Å². The average Bonchev–Trinajstić information content (AvgIpc) is 2.40. The lowest BCUT2D eigenvalue weighted by atomic mass is 10.0. The molecule has 0 fully saturated rings. The van der Waals surface area contributed by atoms with Crippen LogP contribution in [0.3, 0.4) is 0 Å². The van der Waals surface area contributed by atoms with Crippen molar-refractivity contribution in [1.82, 2.24) is 4.90 Å². The van der Waals surface area contributed by atoms with Gasteiger partial charge < -0.3 is 5.11 Å². The number of aliphatic hydroxyl groups is 1. The second-order valence-electron chi connectivity index (χ2n) is 4.53. The summed E-state index contributed by atoms with van der Waals surface area (Å²) < 4.78 is 0. The van der Waals surface area contributed by atoms with Gasteiger partial charge in [0.25, 0.3) is 0 Å². The van der Waals surface area contributed by atoms with Crippen molar-refractivity contribution in [3.05, 3.63) is 60.2 Å². The van der Waals surface area contributed by atoms with Crippen molar-refractivity contribution in [3.8, 4) is 11.1 Å². The molecule has 18 heavy (non-hydrogen) atoms. The van der Waals surface area contributed by atoms with Gasteiger partial charge in [-0.1, -0.05) is 48.5 Å². The molecule has 0 aliphatic heterocycles. The molecular formula is C16H19NO. The number of benzene rings is 2. The number of hydrogen-bond acceptors (Lipinski definition) is 2. The Morgan fingerprint density at radius 3 is 2.39 bits per heavy atom. The third-order valence-corrected chi connectivity index (χ3v) is 2.97.